The third kappa shape index (κ3) is 7.07. The molecule has 35 heavy (non-hydrogen) atoms. The molecule has 1 aromatic heterocycles. The first-order valence-electron chi connectivity index (χ1n) is 12.3. The molecule has 0 spiro atoms. The number of piperidine rings is 1. The average Bonchev–Trinajstić information content (AvgIpc) is 2.97. The summed E-state index contributed by atoms with van der Waals surface area (Å²) in [5, 5.41) is 2.62. The van der Waals surface area contributed by atoms with E-state index in [0.717, 1.165) is 18.3 Å². The van der Waals surface area contributed by atoms with Crippen molar-refractivity contribution in [2.75, 3.05) is 19.7 Å². The lowest BCUT2D eigenvalue weighted by molar-refractivity contribution is -0.135. The molecule has 2 aliphatic heterocycles. The van der Waals surface area contributed by atoms with E-state index in [4.69, 9.17) is 18.8 Å². The van der Waals surface area contributed by atoms with E-state index in [1.54, 1.807) is 45.0 Å². The highest BCUT2D eigenvalue weighted by Gasteiger charge is 2.52. The van der Waals surface area contributed by atoms with Crippen LogP contribution >= 0.6 is 0 Å². The van der Waals surface area contributed by atoms with Crippen LogP contribution in [-0.4, -0.2) is 76.5 Å². The van der Waals surface area contributed by atoms with Gasteiger partial charge in [-0.05, 0) is 68.2 Å². The normalized spacial score (nSPS) is 22.5. The first-order chi connectivity index (χ1) is 16.2. The lowest BCUT2D eigenvalue weighted by Crippen LogP contribution is -2.51. The van der Waals surface area contributed by atoms with Crippen LogP contribution in [0.4, 0.5) is 4.79 Å². The second kappa shape index (κ2) is 10.3. The Labute approximate surface area is 208 Å². The topological polar surface area (TPSA) is 112 Å². The summed E-state index contributed by atoms with van der Waals surface area (Å²) in [5.41, 5.74) is -0.754. The smallest absolute Gasteiger partial charge is 0.463 e. The SMILES string of the molecule is C[C@@H](NC(=O)OC(C)(C)C)C(=O)N1CCC[C@H](COc2ncc(B3OC(C)(C)C(C)(C)O3)cn2)C1. The second-order valence-electron chi connectivity index (χ2n) is 11.4. The largest absolute Gasteiger partial charge is 0.498 e. The summed E-state index contributed by atoms with van der Waals surface area (Å²) in [6, 6.07) is -0.399. The summed E-state index contributed by atoms with van der Waals surface area (Å²) in [6.45, 7) is 16.6. The van der Waals surface area contributed by atoms with Gasteiger partial charge in [0, 0.05) is 36.9 Å². The van der Waals surface area contributed by atoms with Crippen molar-refractivity contribution in [2.24, 2.45) is 5.92 Å². The van der Waals surface area contributed by atoms with Crippen molar-refractivity contribution in [3.63, 3.8) is 0 Å². The van der Waals surface area contributed by atoms with E-state index < -0.39 is 36.1 Å². The number of ether oxygens (including phenoxy) is 2. The monoisotopic (exact) mass is 490 g/mol. The molecule has 0 saturated carbocycles. The Morgan fingerprint density at radius 1 is 1.20 bits per heavy atom. The summed E-state index contributed by atoms with van der Waals surface area (Å²) < 4.78 is 23.1. The number of nitrogens with zero attached hydrogens (tertiary/aromatic N) is 3. The molecule has 10 nitrogen and oxygen atoms in total. The summed E-state index contributed by atoms with van der Waals surface area (Å²) in [5.74, 6) is 0.0105. The van der Waals surface area contributed by atoms with E-state index in [2.05, 4.69) is 15.3 Å². The van der Waals surface area contributed by atoms with Gasteiger partial charge in [-0.15, -0.1) is 0 Å². The Hall–Kier alpha value is -2.40. The van der Waals surface area contributed by atoms with E-state index in [1.807, 2.05) is 27.7 Å². The number of aromatic nitrogens is 2. The zero-order chi connectivity index (χ0) is 26.0. The molecule has 0 aliphatic carbocycles. The summed E-state index contributed by atoms with van der Waals surface area (Å²) in [7, 11) is -0.525. The Bertz CT molecular complexity index is 886. The van der Waals surface area contributed by atoms with Crippen LogP contribution in [0, 0.1) is 5.92 Å². The van der Waals surface area contributed by atoms with Crippen LogP contribution in [0.25, 0.3) is 0 Å². The number of alkyl carbamates (subject to hydrolysis) is 1. The van der Waals surface area contributed by atoms with Gasteiger partial charge in [-0.2, -0.15) is 0 Å². The Kier molecular flexibility index (Phi) is 8.01. The third-order valence-electron chi connectivity index (χ3n) is 6.56. The summed E-state index contributed by atoms with van der Waals surface area (Å²) in [6.07, 6.45) is 4.51. The minimum Gasteiger partial charge on any atom is -0.463 e. The van der Waals surface area contributed by atoms with Crippen LogP contribution in [0.1, 0.15) is 68.2 Å². The minimum atomic E-state index is -0.671. The van der Waals surface area contributed by atoms with Gasteiger partial charge in [0.2, 0.25) is 5.91 Å². The van der Waals surface area contributed by atoms with Gasteiger partial charge in [0.05, 0.1) is 17.8 Å². The summed E-state index contributed by atoms with van der Waals surface area (Å²) >= 11 is 0. The molecule has 3 heterocycles. The molecule has 194 valence electrons. The maximum atomic E-state index is 12.8. The van der Waals surface area contributed by atoms with Crippen LogP contribution < -0.4 is 15.5 Å². The molecule has 2 saturated heterocycles. The van der Waals surface area contributed by atoms with Crippen molar-refractivity contribution in [1.29, 1.82) is 0 Å². The van der Waals surface area contributed by atoms with Gasteiger partial charge in [0.25, 0.3) is 0 Å². The van der Waals surface area contributed by atoms with Crippen LogP contribution in [-0.2, 0) is 18.8 Å². The molecular formula is C24H39BN4O6. The molecule has 11 heteroatoms. The second-order valence-corrected chi connectivity index (χ2v) is 11.4. The van der Waals surface area contributed by atoms with Gasteiger partial charge in [0.1, 0.15) is 11.6 Å². The molecule has 2 atom stereocenters. The fourth-order valence-electron chi connectivity index (χ4n) is 3.92. The van der Waals surface area contributed by atoms with Crippen molar-refractivity contribution in [3.05, 3.63) is 12.4 Å². The quantitative estimate of drug-likeness (QED) is 0.605. The third-order valence-corrected chi connectivity index (χ3v) is 6.56. The molecule has 2 amide bonds. The molecule has 3 rings (SSSR count). The maximum absolute atomic E-state index is 12.8. The Balaban J connectivity index is 1.48. The van der Waals surface area contributed by atoms with Crippen molar-refractivity contribution in [2.45, 2.75) is 91.1 Å². The van der Waals surface area contributed by atoms with Gasteiger partial charge in [-0.1, -0.05) is 0 Å². The van der Waals surface area contributed by atoms with Crippen LogP contribution in [0.3, 0.4) is 0 Å². The van der Waals surface area contributed by atoms with Crippen molar-refractivity contribution < 1.29 is 28.4 Å². The standard InChI is InChI=1S/C24H39BN4O6/c1-16(28-21(31)33-22(2,3)4)19(30)29-11-9-10-17(14-29)15-32-20-26-12-18(13-27-20)25-34-23(5,6)24(7,8)35-25/h12-13,16-17H,9-11,14-15H2,1-8H3,(H,28,31)/t16-,17+/m1/s1. The van der Waals surface area contributed by atoms with Crippen LogP contribution in [0.5, 0.6) is 6.01 Å². The molecule has 0 bridgehead atoms. The molecule has 2 aliphatic rings. The van der Waals surface area contributed by atoms with E-state index in [1.165, 1.54) is 0 Å². The average molecular weight is 490 g/mol. The number of nitrogens with one attached hydrogen (secondary N) is 1. The molecule has 1 aromatic rings. The predicted molar refractivity (Wildman–Crippen MR) is 131 cm³/mol. The number of amides is 2. The van der Waals surface area contributed by atoms with Gasteiger partial charge in [-0.3, -0.25) is 4.79 Å². The lowest BCUT2D eigenvalue weighted by atomic mass is 9.81. The fourth-order valence-corrected chi connectivity index (χ4v) is 3.92. The zero-order valence-electron chi connectivity index (χ0n) is 22.2. The highest BCUT2D eigenvalue weighted by Crippen LogP contribution is 2.36. The van der Waals surface area contributed by atoms with E-state index in [0.29, 0.717) is 19.7 Å². The minimum absolute atomic E-state index is 0.136. The van der Waals surface area contributed by atoms with Crippen LogP contribution in [0.15, 0.2) is 12.4 Å². The number of likely N-dealkylation sites (tertiary alicyclic amines) is 1. The molecule has 0 unspecified atom stereocenters. The van der Waals surface area contributed by atoms with Crippen molar-refractivity contribution in [3.8, 4) is 6.01 Å². The lowest BCUT2D eigenvalue weighted by Gasteiger charge is -2.34. The number of rotatable bonds is 6. The summed E-state index contributed by atoms with van der Waals surface area (Å²) in [4.78, 5) is 35.2. The number of hydrogen-bond donors (Lipinski definition) is 1. The molecule has 0 aromatic carbocycles. The number of carbonyl (C=O) groups is 2. The van der Waals surface area contributed by atoms with E-state index >= 15 is 0 Å². The number of hydrogen-bond acceptors (Lipinski definition) is 8. The molecular weight excluding hydrogens is 451 g/mol. The van der Waals surface area contributed by atoms with Gasteiger partial charge < -0.3 is 29.0 Å². The van der Waals surface area contributed by atoms with Gasteiger partial charge >= 0.3 is 19.2 Å². The first kappa shape index (κ1) is 27.2. The molecule has 2 fully saturated rings. The molecule has 1 N–H and O–H groups in total. The van der Waals surface area contributed by atoms with Crippen molar-refractivity contribution >= 4 is 24.6 Å². The first-order valence-corrected chi connectivity index (χ1v) is 12.3. The van der Waals surface area contributed by atoms with Crippen molar-refractivity contribution in [1.82, 2.24) is 20.2 Å². The predicted octanol–water partition coefficient (Wildman–Crippen LogP) is 2.31. The Morgan fingerprint density at radius 2 is 1.80 bits per heavy atom. The van der Waals surface area contributed by atoms with Gasteiger partial charge in [0.15, 0.2) is 0 Å². The number of carbonyl (C=O) groups excluding carboxylic acids is 2. The maximum Gasteiger partial charge on any atom is 0.498 e. The Morgan fingerprint density at radius 3 is 2.37 bits per heavy atom. The highest BCUT2D eigenvalue weighted by atomic mass is 16.7. The highest BCUT2D eigenvalue weighted by molar-refractivity contribution is 6.61. The zero-order valence-corrected chi connectivity index (χ0v) is 22.2. The molecule has 0 radical (unpaired) electrons. The van der Waals surface area contributed by atoms with Gasteiger partial charge in [-0.25, -0.2) is 14.8 Å². The van der Waals surface area contributed by atoms with Crippen LogP contribution in [0.2, 0.25) is 0 Å². The fraction of sp³-hybridized carbons (Fsp3) is 0.750. The van der Waals surface area contributed by atoms with E-state index in [-0.39, 0.29) is 17.8 Å². The van der Waals surface area contributed by atoms with E-state index in [9.17, 15) is 9.59 Å².